The van der Waals surface area contributed by atoms with Crippen molar-refractivity contribution in [3.05, 3.63) is 113 Å². The molecule has 0 bridgehead atoms. The summed E-state index contributed by atoms with van der Waals surface area (Å²) in [5.41, 5.74) is 4.70. The van der Waals surface area contributed by atoms with Gasteiger partial charge in [-0.25, -0.2) is 4.99 Å². The summed E-state index contributed by atoms with van der Waals surface area (Å²) >= 11 is 1.08. The van der Waals surface area contributed by atoms with Gasteiger partial charge in [0.1, 0.15) is 30.1 Å². The number of rotatable bonds is 7. The highest BCUT2D eigenvalue weighted by Gasteiger charge is 2.32. The number of pyridine rings is 2. The van der Waals surface area contributed by atoms with E-state index in [1.807, 2.05) is 50.6 Å². The highest BCUT2D eigenvalue weighted by atomic mass is 127. The van der Waals surface area contributed by atoms with Crippen LogP contribution in [-0.2, 0) is 10.5 Å². The van der Waals surface area contributed by atoms with Crippen molar-refractivity contribution in [3.63, 3.8) is 0 Å². The molecule has 2 aliphatic rings. The highest BCUT2D eigenvalue weighted by molar-refractivity contribution is 14.1. The number of ether oxygens (including phenoxy) is 1. The SMILES string of the molecule is CNC1C2=CC(c3cccc(OCc4ccc(C(F)(F)I)nc4)c3)CC=C2N=C(c2cccnc2)N1C. The second-order valence-electron chi connectivity index (χ2n) is 8.94. The molecule has 0 spiro atoms. The van der Waals surface area contributed by atoms with E-state index in [9.17, 15) is 8.78 Å². The summed E-state index contributed by atoms with van der Waals surface area (Å²) in [6.45, 7) is 0.248. The zero-order chi connectivity index (χ0) is 26.0. The van der Waals surface area contributed by atoms with Crippen molar-refractivity contribution in [1.82, 2.24) is 20.2 Å². The lowest BCUT2D eigenvalue weighted by Gasteiger charge is -2.38. The van der Waals surface area contributed by atoms with E-state index in [-0.39, 0.29) is 24.4 Å². The van der Waals surface area contributed by atoms with Crippen molar-refractivity contribution in [2.75, 3.05) is 14.1 Å². The van der Waals surface area contributed by atoms with Crippen LogP contribution in [0.4, 0.5) is 8.78 Å². The largest absolute Gasteiger partial charge is 0.489 e. The van der Waals surface area contributed by atoms with Gasteiger partial charge < -0.3 is 9.64 Å². The van der Waals surface area contributed by atoms with E-state index >= 15 is 0 Å². The number of aromatic nitrogens is 2. The molecule has 3 aromatic rings. The molecule has 0 amide bonds. The molecule has 0 radical (unpaired) electrons. The molecule has 1 aliphatic heterocycles. The van der Waals surface area contributed by atoms with Crippen LogP contribution < -0.4 is 10.1 Å². The van der Waals surface area contributed by atoms with Gasteiger partial charge in [0.05, 0.1) is 5.70 Å². The molecule has 9 heteroatoms. The fourth-order valence-electron chi connectivity index (χ4n) is 4.62. The Kier molecular flexibility index (Phi) is 7.34. The van der Waals surface area contributed by atoms with Crippen LogP contribution in [0.2, 0.25) is 0 Å². The van der Waals surface area contributed by atoms with E-state index in [4.69, 9.17) is 9.73 Å². The summed E-state index contributed by atoms with van der Waals surface area (Å²) in [5.74, 6) is 1.78. The predicted molar refractivity (Wildman–Crippen MR) is 148 cm³/mol. The molecule has 0 saturated carbocycles. The van der Waals surface area contributed by atoms with Crippen molar-refractivity contribution in [2.45, 2.75) is 29.0 Å². The van der Waals surface area contributed by atoms with Gasteiger partial charge in [-0.15, -0.1) is 0 Å². The quantitative estimate of drug-likeness (QED) is 0.271. The number of hydrogen-bond acceptors (Lipinski definition) is 6. The first-order valence-electron chi connectivity index (χ1n) is 11.9. The molecule has 6 nitrogen and oxygen atoms in total. The minimum Gasteiger partial charge on any atom is -0.489 e. The normalized spacial score (nSPS) is 19.5. The molecular formula is C28H26F2IN5O. The highest BCUT2D eigenvalue weighted by Crippen LogP contribution is 2.37. The van der Waals surface area contributed by atoms with Crippen LogP contribution in [0.15, 0.2) is 95.5 Å². The van der Waals surface area contributed by atoms with Gasteiger partial charge in [-0.2, -0.15) is 8.78 Å². The van der Waals surface area contributed by atoms with Crippen LogP contribution in [-0.4, -0.2) is 41.0 Å². The number of likely N-dealkylation sites (N-methyl/N-ethyl adjacent to an activating group) is 2. The Bertz CT molecular complexity index is 1350. The molecule has 3 heterocycles. The van der Waals surface area contributed by atoms with E-state index in [0.717, 1.165) is 68.6 Å². The van der Waals surface area contributed by atoms with Crippen molar-refractivity contribution < 1.29 is 13.5 Å². The van der Waals surface area contributed by atoms with E-state index in [2.05, 4.69) is 38.4 Å². The van der Waals surface area contributed by atoms with Gasteiger partial charge in [0.25, 0.3) is 0 Å². The molecule has 37 heavy (non-hydrogen) atoms. The van der Waals surface area contributed by atoms with Gasteiger partial charge in [-0.05, 0) is 49.4 Å². The van der Waals surface area contributed by atoms with Crippen LogP contribution >= 0.6 is 22.6 Å². The van der Waals surface area contributed by atoms with Gasteiger partial charge in [0.2, 0.25) is 0 Å². The lowest BCUT2D eigenvalue weighted by molar-refractivity contribution is 0.122. The smallest absolute Gasteiger partial charge is 0.337 e. The maximum absolute atomic E-state index is 13.4. The molecule has 1 aromatic carbocycles. The molecule has 2 atom stereocenters. The number of alkyl halides is 3. The van der Waals surface area contributed by atoms with Gasteiger partial charge in [-0.1, -0.05) is 30.4 Å². The van der Waals surface area contributed by atoms with Crippen LogP contribution in [0.25, 0.3) is 0 Å². The fraction of sp³-hybridized carbons (Fsp3) is 0.250. The monoisotopic (exact) mass is 613 g/mol. The average molecular weight is 613 g/mol. The number of nitrogens with one attached hydrogen (secondary N) is 1. The summed E-state index contributed by atoms with van der Waals surface area (Å²) in [7, 11) is 3.98. The summed E-state index contributed by atoms with van der Waals surface area (Å²) in [6.07, 6.45) is 10.3. The Balaban J connectivity index is 1.33. The van der Waals surface area contributed by atoms with Gasteiger partial charge in [0, 0.05) is 70.8 Å². The molecule has 0 fully saturated rings. The van der Waals surface area contributed by atoms with Crippen LogP contribution in [0.1, 0.15) is 34.7 Å². The summed E-state index contributed by atoms with van der Waals surface area (Å²) in [4.78, 5) is 15.2. The molecule has 1 aliphatic carbocycles. The van der Waals surface area contributed by atoms with Crippen molar-refractivity contribution >= 4 is 28.4 Å². The number of nitrogens with zero attached hydrogens (tertiary/aromatic N) is 4. The summed E-state index contributed by atoms with van der Waals surface area (Å²) in [5, 5.41) is 3.43. The number of hydrogen-bond donors (Lipinski definition) is 1. The molecule has 0 saturated heterocycles. The molecule has 2 aromatic heterocycles. The molecule has 5 rings (SSSR count). The van der Waals surface area contributed by atoms with E-state index in [0.29, 0.717) is 0 Å². The number of aliphatic imine (C=N–C) groups is 1. The number of fused-ring (bicyclic) bond motifs is 1. The first kappa shape index (κ1) is 25.5. The van der Waals surface area contributed by atoms with E-state index < -0.39 is 3.93 Å². The minimum atomic E-state index is -2.99. The number of benzene rings is 1. The Morgan fingerprint density at radius 2 is 2.03 bits per heavy atom. The third-order valence-corrected chi connectivity index (χ3v) is 7.04. The second-order valence-corrected chi connectivity index (χ2v) is 10.3. The predicted octanol–water partition coefficient (Wildman–Crippen LogP) is 5.78. The summed E-state index contributed by atoms with van der Waals surface area (Å²) < 4.78 is 29.8. The molecule has 190 valence electrons. The van der Waals surface area contributed by atoms with Gasteiger partial charge >= 0.3 is 3.93 Å². The minimum absolute atomic E-state index is 0.0217. The Hall–Kier alpha value is -3.18. The fourth-order valence-corrected chi connectivity index (χ4v) is 4.93. The third kappa shape index (κ3) is 5.57. The molecular weight excluding hydrogens is 587 g/mol. The van der Waals surface area contributed by atoms with Gasteiger partial charge in [0.15, 0.2) is 0 Å². The van der Waals surface area contributed by atoms with Crippen LogP contribution in [0, 0.1) is 0 Å². The van der Waals surface area contributed by atoms with Crippen LogP contribution in [0.5, 0.6) is 5.75 Å². The van der Waals surface area contributed by atoms with Crippen LogP contribution in [0.3, 0.4) is 0 Å². The first-order chi connectivity index (χ1) is 17.8. The lowest BCUT2D eigenvalue weighted by atomic mass is 9.86. The Morgan fingerprint density at radius 1 is 1.16 bits per heavy atom. The zero-order valence-corrected chi connectivity index (χ0v) is 22.6. The topological polar surface area (TPSA) is 62.6 Å². The van der Waals surface area contributed by atoms with E-state index in [1.54, 1.807) is 12.3 Å². The average Bonchev–Trinajstić information content (AvgIpc) is 2.92. The number of amidine groups is 1. The molecule has 1 N–H and O–H groups in total. The molecule has 2 unspecified atom stereocenters. The number of allylic oxidation sites excluding steroid dienone is 2. The Morgan fingerprint density at radius 3 is 2.73 bits per heavy atom. The van der Waals surface area contributed by atoms with Gasteiger partial charge in [-0.3, -0.25) is 15.3 Å². The lowest BCUT2D eigenvalue weighted by Crippen LogP contribution is -2.49. The maximum atomic E-state index is 13.4. The van der Waals surface area contributed by atoms with Crippen molar-refractivity contribution in [1.29, 1.82) is 0 Å². The zero-order valence-electron chi connectivity index (χ0n) is 20.4. The third-order valence-electron chi connectivity index (χ3n) is 6.48. The van der Waals surface area contributed by atoms with E-state index in [1.165, 1.54) is 12.3 Å². The summed E-state index contributed by atoms with van der Waals surface area (Å²) in [6, 6.07) is 14.9. The standard InChI is InChI=1S/C28H26F2IN5O/c1-32-27-23-14-20(9-10-24(23)35-26(36(27)2)21-6-4-12-33-16-21)19-5-3-7-22(13-19)37-17-18-8-11-25(34-15-18)28(29,30)31/h3-8,10-16,20,27,32H,9,17H2,1-2H3. The Labute approximate surface area is 228 Å². The maximum Gasteiger partial charge on any atom is 0.337 e. The first-order valence-corrected chi connectivity index (χ1v) is 13.0. The van der Waals surface area contributed by atoms with Crippen molar-refractivity contribution in [3.8, 4) is 5.75 Å². The number of halogens is 3. The second kappa shape index (κ2) is 10.7. The van der Waals surface area contributed by atoms with Crippen molar-refractivity contribution in [2.24, 2.45) is 4.99 Å².